The molecule has 0 fully saturated rings. The van der Waals surface area contributed by atoms with Gasteiger partial charge in [-0.3, -0.25) is 3.97 Å². The van der Waals surface area contributed by atoms with Gasteiger partial charge in [-0.05, 0) is 18.6 Å². The lowest BCUT2D eigenvalue weighted by atomic mass is 10.1. The number of hydrogen-bond acceptors (Lipinski definition) is 3. The van der Waals surface area contributed by atoms with E-state index in [-0.39, 0.29) is 5.97 Å². The van der Waals surface area contributed by atoms with Crippen LogP contribution in [0.1, 0.15) is 29.8 Å². The molecule has 0 aliphatic carbocycles. The molecule has 0 radical (unpaired) electrons. The third-order valence-electron chi connectivity index (χ3n) is 2.47. The molecule has 0 bridgehead atoms. The number of hydrogen-bond donors (Lipinski definition) is 0. The highest BCUT2D eigenvalue weighted by Crippen LogP contribution is 2.30. The van der Waals surface area contributed by atoms with Crippen molar-refractivity contribution in [3.05, 3.63) is 35.5 Å². The summed E-state index contributed by atoms with van der Waals surface area (Å²) in [6.45, 7) is 6.03. The Morgan fingerprint density at radius 1 is 1.39 bits per heavy atom. The van der Waals surface area contributed by atoms with Gasteiger partial charge in [0.15, 0.2) is 0 Å². The second-order valence-corrected chi connectivity index (χ2v) is 5.11. The Hall–Kier alpha value is -0.690. The van der Waals surface area contributed by atoms with Crippen molar-refractivity contribution in [1.29, 1.82) is 0 Å². The molecule has 2 aromatic rings. The van der Waals surface area contributed by atoms with Crippen LogP contribution in [0.4, 0.5) is 0 Å². The number of ether oxygens (including phenoxy) is 1. The lowest BCUT2D eigenvalue weighted by Crippen LogP contribution is -2.03. The van der Waals surface area contributed by atoms with Gasteiger partial charge in [-0.1, -0.05) is 26.0 Å². The largest absolute Gasteiger partial charge is 0.465 e. The van der Waals surface area contributed by atoms with Crippen LogP contribution in [0.5, 0.6) is 0 Å². The molecule has 1 aromatic heterocycles. The molecule has 0 saturated heterocycles. The first-order valence-electron chi connectivity index (χ1n) is 5.67. The number of benzene rings is 1. The van der Waals surface area contributed by atoms with Crippen molar-refractivity contribution in [3.8, 4) is 0 Å². The zero-order valence-electron chi connectivity index (χ0n) is 10.9. The molecule has 2 rings (SSSR count). The summed E-state index contributed by atoms with van der Waals surface area (Å²) in [6, 6.07) is 5.68. The lowest BCUT2D eigenvalue weighted by molar-refractivity contribution is 0.0602. The third-order valence-corrected chi connectivity index (χ3v) is 4.18. The van der Waals surface area contributed by atoms with E-state index >= 15 is 0 Å². The molecule has 1 aromatic carbocycles. The van der Waals surface area contributed by atoms with E-state index in [2.05, 4.69) is 21.2 Å². The van der Waals surface area contributed by atoms with Gasteiger partial charge in [0.1, 0.15) is 0 Å². The van der Waals surface area contributed by atoms with Crippen LogP contribution in [0, 0.1) is 6.92 Å². The molecule has 0 atom stereocenters. The Morgan fingerprint density at radius 2 is 2.06 bits per heavy atom. The number of aryl methyl sites for hydroxylation is 1. The van der Waals surface area contributed by atoms with Gasteiger partial charge in [0.2, 0.25) is 0 Å². The topological polar surface area (TPSA) is 31.2 Å². The normalized spacial score (nSPS) is 9.83. The molecule has 0 aliphatic rings. The zero-order valence-corrected chi connectivity index (χ0v) is 13.8. The first-order valence-corrected chi connectivity index (χ1v) is 8.98. The van der Waals surface area contributed by atoms with Crippen molar-refractivity contribution in [3.63, 3.8) is 0 Å². The maximum absolute atomic E-state index is 11.7. The first-order chi connectivity index (χ1) is 8.69. The van der Waals surface area contributed by atoms with E-state index in [0.29, 0.717) is 5.56 Å². The number of nitrogens with zero attached hydrogens (tertiary/aromatic N) is 1. The number of aromatic nitrogens is 1. The maximum atomic E-state index is 11.7. The number of halogens is 1. The van der Waals surface area contributed by atoms with Gasteiger partial charge in [0.05, 0.1) is 18.2 Å². The van der Waals surface area contributed by atoms with Crippen molar-refractivity contribution in [2.45, 2.75) is 20.8 Å². The summed E-state index contributed by atoms with van der Waals surface area (Å²) in [7, 11) is 2.94. The van der Waals surface area contributed by atoms with E-state index in [4.69, 9.17) is 4.74 Å². The van der Waals surface area contributed by atoms with Crippen LogP contribution in [0.3, 0.4) is 0 Å². The van der Waals surface area contributed by atoms with Gasteiger partial charge in [0.25, 0.3) is 0 Å². The van der Waals surface area contributed by atoms with E-state index in [1.807, 2.05) is 43.1 Å². The fraction of sp³-hybridized carbons (Fsp3) is 0.308. The van der Waals surface area contributed by atoms with Gasteiger partial charge >= 0.3 is 5.97 Å². The smallest absolute Gasteiger partial charge is 0.340 e. The van der Waals surface area contributed by atoms with Gasteiger partial charge < -0.3 is 4.74 Å². The van der Waals surface area contributed by atoms with Crippen molar-refractivity contribution in [2.24, 2.45) is 0 Å². The van der Waals surface area contributed by atoms with Gasteiger partial charge in [-0.2, -0.15) is 0 Å². The Morgan fingerprint density at radius 3 is 2.61 bits per heavy atom. The van der Waals surface area contributed by atoms with Crippen LogP contribution < -0.4 is 0 Å². The number of carbonyl (C=O) groups is 1. The lowest BCUT2D eigenvalue weighted by Gasteiger charge is -2.04. The molecule has 0 N–H and O–H groups in total. The molecular weight excluding hydrogens is 361 g/mol. The van der Waals surface area contributed by atoms with Crippen LogP contribution in [0.2, 0.25) is 0 Å². The SMILES string of the molecule is CC.COC(=O)c1cccc2c(C)cn(SI)c12. The van der Waals surface area contributed by atoms with Crippen LogP contribution in [0.15, 0.2) is 24.4 Å². The van der Waals surface area contributed by atoms with Crippen molar-refractivity contribution in [2.75, 3.05) is 7.11 Å². The Balaban J connectivity index is 0.000000771. The average molecular weight is 377 g/mol. The number of methoxy groups -OCH3 is 1. The van der Waals surface area contributed by atoms with Crippen LogP contribution in [-0.2, 0) is 4.74 Å². The summed E-state index contributed by atoms with van der Waals surface area (Å²) in [4.78, 5) is 11.7. The van der Waals surface area contributed by atoms with Crippen molar-refractivity contribution < 1.29 is 9.53 Å². The van der Waals surface area contributed by atoms with Gasteiger partial charge in [-0.25, -0.2) is 4.79 Å². The average Bonchev–Trinajstić information content (AvgIpc) is 2.77. The van der Waals surface area contributed by atoms with E-state index < -0.39 is 0 Å². The van der Waals surface area contributed by atoms with E-state index in [0.717, 1.165) is 16.5 Å². The molecule has 18 heavy (non-hydrogen) atoms. The second kappa shape index (κ2) is 7.04. The monoisotopic (exact) mass is 377 g/mol. The van der Waals surface area contributed by atoms with E-state index in [1.165, 1.54) is 7.11 Å². The highest BCUT2D eigenvalue weighted by atomic mass is 127. The third kappa shape index (κ3) is 2.83. The summed E-state index contributed by atoms with van der Waals surface area (Å²) >= 11 is 2.19. The zero-order chi connectivity index (χ0) is 13.7. The van der Waals surface area contributed by atoms with E-state index in [9.17, 15) is 4.79 Å². The number of para-hydroxylation sites is 1. The second-order valence-electron chi connectivity index (χ2n) is 3.40. The number of rotatable bonds is 2. The van der Waals surface area contributed by atoms with Gasteiger partial charge in [-0.15, -0.1) is 0 Å². The fourth-order valence-electron chi connectivity index (χ4n) is 1.74. The van der Waals surface area contributed by atoms with Crippen molar-refractivity contribution in [1.82, 2.24) is 3.97 Å². The Bertz CT molecular complexity index is 551. The molecule has 5 heteroatoms. The number of fused-ring (bicyclic) bond motifs is 1. The molecule has 98 valence electrons. The van der Waals surface area contributed by atoms with E-state index in [1.54, 1.807) is 15.2 Å². The minimum absolute atomic E-state index is 0.296. The standard InChI is InChI=1S/C11H10INO2S.C2H6/c1-7-6-13(16-12)10-8(7)4-3-5-9(10)11(14)15-2;1-2/h3-6H,1-2H3;1-2H3. The fourth-order valence-corrected chi connectivity index (χ4v) is 3.13. The molecule has 1 heterocycles. The summed E-state index contributed by atoms with van der Waals surface area (Å²) in [5.41, 5.74) is 2.69. The summed E-state index contributed by atoms with van der Waals surface area (Å²) < 4.78 is 6.77. The quantitative estimate of drug-likeness (QED) is 0.566. The predicted molar refractivity (Wildman–Crippen MR) is 86.4 cm³/mol. The minimum atomic E-state index is -0.296. The van der Waals surface area contributed by atoms with Crippen LogP contribution in [-0.4, -0.2) is 17.1 Å². The number of carbonyl (C=O) groups excluding carboxylic acids is 1. The molecule has 0 spiro atoms. The van der Waals surface area contributed by atoms with Gasteiger partial charge in [0, 0.05) is 41.9 Å². The maximum Gasteiger partial charge on any atom is 0.340 e. The van der Waals surface area contributed by atoms with Crippen LogP contribution >= 0.6 is 30.3 Å². The highest BCUT2D eigenvalue weighted by Gasteiger charge is 2.15. The molecule has 0 aliphatic heterocycles. The summed E-state index contributed by atoms with van der Waals surface area (Å²) in [5, 5.41) is 1.09. The molecular formula is C13H16INO2S. The minimum Gasteiger partial charge on any atom is -0.465 e. The van der Waals surface area contributed by atoms with Crippen molar-refractivity contribution >= 4 is 47.2 Å². The molecule has 0 saturated carbocycles. The highest BCUT2D eigenvalue weighted by molar-refractivity contribution is 14.2. The molecule has 0 amide bonds. The first kappa shape index (κ1) is 15.4. The van der Waals surface area contributed by atoms with Crippen LogP contribution in [0.25, 0.3) is 10.9 Å². The predicted octanol–water partition coefficient (Wildman–Crippen LogP) is 4.61. The summed E-state index contributed by atoms with van der Waals surface area (Å²) in [5.74, 6) is -0.296. The Labute approximate surface area is 124 Å². The number of esters is 1. The molecule has 0 unspecified atom stereocenters. The molecule has 3 nitrogen and oxygen atoms in total. The Kier molecular flexibility index (Phi) is 6.01. The summed E-state index contributed by atoms with van der Waals surface area (Å²) in [6.07, 6.45) is 2.02.